The van der Waals surface area contributed by atoms with Crippen LogP contribution in [0.2, 0.25) is 0 Å². The van der Waals surface area contributed by atoms with Gasteiger partial charge in [0, 0.05) is 12.1 Å². The van der Waals surface area contributed by atoms with Crippen LogP contribution in [0.3, 0.4) is 0 Å². The molecule has 0 aliphatic carbocycles. The number of hydrazine groups is 1. The van der Waals surface area contributed by atoms with Crippen molar-refractivity contribution in [2.75, 3.05) is 0 Å². The van der Waals surface area contributed by atoms with Crippen LogP contribution in [0, 0.1) is 6.92 Å². The summed E-state index contributed by atoms with van der Waals surface area (Å²) >= 11 is 3.49. The van der Waals surface area contributed by atoms with E-state index >= 15 is 0 Å². The first-order valence-corrected chi connectivity index (χ1v) is 6.19. The number of nitrogens with zero attached hydrogens (tertiary/aromatic N) is 2. The summed E-state index contributed by atoms with van der Waals surface area (Å²) in [6.07, 6.45) is 3.48. The summed E-state index contributed by atoms with van der Waals surface area (Å²) in [7, 11) is 0. The van der Waals surface area contributed by atoms with Crippen molar-refractivity contribution in [1.82, 2.24) is 15.2 Å². The van der Waals surface area contributed by atoms with Gasteiger partial charge in [0.05, 0.1) is 28.7 Å². The summed E-state index contributed by atoms with van der Waals surface area (Å²) in [5.74, 6) is 6.50. The Bertz CT molecular complexity index is 505. The number of furan rings is 1. The summed E-state index contributed by atoms with van der Waals surface area (Å²) in [6.45, 7) is 4.73. The molecule has 17 heavy (non-hydrogen) atoms. The third-order valence-corrected chi connectivity index (χ3v) is 3.27. The number of aryl methyl sites for hydroxylation is 2. The maximum absolute atomic E-state index is 5.64. The molecular weight excluding hydrogens is 284 g/mol. The average Bonchev–Trinajstić information content (AvgIpc) is 2.89. The molecule has 0 saturated carbocycles. The van der Waals surface area contributed by atoms with E-state index in [4.69, 9.17) is 10.3 Å². The van der Waals surface area contributed by atoms with Gasteiger partial charge in [0.2, 0.25) is 0 Å². The predicted octanol–water partition coefficient (Wildman–Crippen LogP) is 2.12. The highest BCUT2D eigenvalue weighted by Crippen LogP contribution is 2.29. The fourth-order valence-electron chi connectivity index (χ4n) is 1.86. The van der Waals surface area contributed by atoms with E-state index in [2.05, 4.69) is 26.5 Å². The molecule has 0 aliphatic rings. The second kappa shape index (κ2) is 5.03. The monoisotopic (exact) mass is 298 g/mol. The summed E-state index contributed by atoms with van der Waals surface area (Å²) in [5.41, 5.74) is 4.78. The zero-order valence-electron chi connectivity index (χ0n) is 9.77. The zero-order chi connectivity index (χ0) is 12.4. The number of aromatic nitrogens is 2. The molecule has 5 nitrogen and oxygen atoms in total. The van der Waals surface area contributed by atoms with Gasteiger partial charge in [-0.2, -0.15) is 5.10 Å². The maximum atomic E-state index is 5.64. The minimum Gasteiger partial charge on any atom is -0.469 e. The standard InChI is InChI=1S/C11H15BrN4O/c1-3-16-11(9(12)5-14-16)10(15-13)8-4-7(2)17-6-8/h4-6,10,15H,3,13H2,1-2H3. The van der Waals surface area contributed by atoms with Gasteiger partial charge < -0.3 is 4.42 Å². The van der Waals surface area contributed by atoms with Crippen molar-refractivity contribution in [3.63, 3.8) is 0 Å². The second-order valence-corrected chi connectivity index (χ2v) is 4.64. The Morgan fingerprint density at radius 3 is 2.94 bits per heavy atom. The van der Waals surface area contributed by atoms with Crippen LogP contribution in [-0.4, -0.2) is 9.78 Å². The number of nitrogens with one attached hydrogen (secondary N) is 1. The summed E-state index contributed by atoms with van der Waals surface area (Å²) in [4.78, 5) is 0. The van der Waals surface area contributed by atoms with E-state index in [9.17, 15) is 0 Å². The highest BCUT2D eigenvalue weighted by molar-refractivity contribution is 9.10. The lowest BCUT2D eigenvalue weighted by atomic mass is 10.1. The minimum absolute atomic E-state index is 0.135. The van der Waals surface area contributed by atoms with Gasteiger partial charge in [-0.1, -0.05) is 0 Å². The van der Waals surface area contributed by atoms with E-state index in [0.29, 0.717) is 0 Å². The molecule has 0 saturated heterocycles. The molecule has 2 aromatic rings. The highest BCUT2D eigenvalue weighted by Gasteiger charge is 2.21. The van der Waals surface area contributed by atoms with Crippen LogP contribution in [0.4, 0.5) is 0 Å². The van der Waals surface area contributed by atoms with Crippen molar-refractivity contribution >= 4 is 15.9 Å². The first-order valence-electron chi connectivity index (χ1n) is 5.39. The lowest BCUT2D eigenvalue weighted by molar-refractivity contribution is 0.513. The molecule has 3 N–H and O–H groups in total. The summed E-state index contributed by atoms with van der Waals surface area (Å²) < 4.78 is 8.15. The van der Waals surface area contributed by atoms with Gasteiger partial charge in [0.15, 0.2) is 0 Å². The fraction of sp³-hybridized carbons (Fsp3) is 0.364. The molecule has 1 unspecified atom stereocenters. The Morgan fingerprint density at radius 2 is 2.41 bits per heavy atom. The molecule has 92 valence electrons. The van der Waals surface area contributed by atoms with Crippen LogP contribution in [0.5, 0.6) is 0 Å². The van der Waals surface area contributed by atoms with Crippen molar-refractivity contribution in [3.05, 3.63) is 40.0 Å². The third-order valence-electron chi connectivity index (χ3n) is 2.66. The molecule has 6 heteroatoms. The Balaban J connectivity index is 2.44. The van der Waals surface area contributed by atoms with E-state index in [1.54, 1.807) is 12.5 Å². The highest BCUT2D eigenvalue weighted by atomic mass is 79.9. The van der Waals surface area contributed by atoms with E-state index < -0.39 is 0 Å². The van der Waals surface area contributed by atoms with E-state index in [-0.39, 0.29) is 6.04 Å². The van der Waals surface area contributed by atoms with Gasteiger partial charge >= 0.3 is 0 Å². The average molecular weight is 299 g/mol. The Hall–Kier alpha value is -1.11. The second-order valence-electron chi connectivity index (χ2n) is 3.78. The molecule has 0 spiro atoms. The number of hydrogen-bond donors (Lipinski definition) is 2. The third kappa shape index (κ3) is 2.29. The molecule has 0 bridgehead atoms. The first kappa shape index (κ1) is 12.3. The summed E-state index contributed by atoms with van der Waals surface area (Å²) in [5, 5.41) is 4.28. The van der Waals surface area contributed by atoms with Crippen LogP contribution in [0.1, 0.15) is 30.0 Å². The molecule has 0 fully saturated rings. The molecule has 0 radical (unpaired) electrons. The number of halogens is 1. The Morgan fingerprint density at radius 1 is 1.65 bits per heavy atom. The molecule has 1 atom stereocenters. The minimum atomic E-state index is -0.135. The molecule has 2 heterocycles. The largest absolute Gasteiger partial charge is 0.469 e. The molecule has 0 amide bonds. The number of nitrogens with two attached hydrogens (primary N) is 1. The van der Waals surface area contributed by atoms with Gasteiger partial charge in [-0.05, 0) is 35.8 Å². The molecule has 0 aromatic carbocycles. The van der Waals surface area contributed by atoms with Crippen LogP contribution in [0.15, 0.2) is 27.4 Å². The van der Waals surface area contributed by atoms with Crippen LogP contribution in [-0.2, 0) is 6.54 Å². The van der Waals surface area contributed by atoms with Crippen LogP contribution >= 0.6 is 15.9 Å². The topological polar surface area (TPSA) is 69.0 Å². The maximum Gasteiger partial charge on any atom is 0.101 e. The normalized spacial score (nSPS) is 12.9. The van der Waals surface area contributed by atoms with Gasteiger partial charge in [-0.25, -0.2) is 5.43 Å². The molecular formula is C11H15BrN4O. The molecule has 2 rings (SSSR count). The fourth-order valence-corrected chi connectivity index (χ4v) is 2.38. The first-order chi connectivity index (χ1) is 8.17. The number of rotatable bonds is 4. The van der Waals surface area contributed by atoms with E-state index in [1.807, 2.05) is 24.6 Å². The zero-order valence-corrected chi connectivity index (χ0v) is 11.4. The van der Waals surface area contributed by atoms with Crippen LogP contribution in [0.25, 0.3) is 0 Å². The van der Waals surface area contributed by atoms with Crippen LogP contribution < -0.4 is 11.3 Å². The molecule has 0 aliphatic heterocycles. The summed E-state index contributed by atoms with van der Waals surface area (Å²) in [6, 6.07) is 1.83. The predicted molar refractivity (Wildman–Crippen MR) is 68.2 cm³/mol. The SMILES string of the molecule is CCn1ncc(Br)c1C(NN)c1coc(C)c1. The molecule has 2 aromatic heterocycles. The van der Waals surface area contributed by atoms with Crippen molar-refractivity contribution in [2.24, 2.45) is 5.84 Å². The number of hydrogen-bond acceptors (Lipinski definition) is 4. The van der Waals surface area contributed by atoms with Crippen molar-refractivity contribution in [3.8, 4) is 0 Å². The lowest BCUT2D eigenvalue weighted by Gasteiger charge is -2.16. The van der Waals surface area contributed by atoms with E-state index in [0.717, 1.165) is 28.0 Å². The van der Waals surface area contributed by atoms with Gasteiger partial charge in [0.25, 0.3) is 0 Å². The Kier molecular flexibility index (Phi) is 3.66. The van der Waals surface area contributed by atoms with Gasteiger partial charge in [0.1, 0.15) is 5.76 Å². The van der Waals surface area contributed by atoms with Crippen molar-refractivity contribution in [1.29, 1.82) is 0 Å². The van der Waals surface area contributed by atoms with Gasteiger partial charge in [-0.15, -0.1) is 0 Å². The van der Waals surface area contributed by atoms with Crippen molar-refractivity contribution < 1.29 is 4.42 Å². The lowest BCUT2D eigenvalue weighted by Crippen LogP contribution is -2.30. The smallest absolute Gasteiger partial charge is 0.101 e. The quantitative estimate of drug-likeness (QED) is 0.670. The van der Waals surface area contributed by atoms with E-state index in [1.165, 1.54) is 0 Å². The van der Waals surface area contributed by atoms with Gasteiger partial charge in [-0.3, -0.25) is 10.5 Å². The Labute approximate surface area is 108 Å². The van der Waals surface area contributed by atoms with Crippen molar-refractivity contribution in [2.45, 2.75) is 26.4 Å².